The molecule has 0 spiro atoms. The number of amides is 1. The van der Waals surface area contributed by atoms with Crippen LogP contribution in [-0.4, -0.2) is 66.4 Å². The van der Waals surface area contributed by atoms with Crippen LogP contribution in [-0.2, 0) is 11.3 Å². The molecule has 36 heavy (non-hydrogen) atoms. The molecule has 0 radical (unpaired) electrons. The van der Waals surface area contributed by atoms with Gasteiger partial charge in [-0.05, 0) is 36.7 Å². The summed E-state index contributed by atoms with van der Waals surface area (Å²) < 4.78 is 26.3. The van der Waals surface area contributed by atoms with Crippen LogP contribution in [0.15, 0.2) is 42.9 Å². The van der Waals surface area contributed by atoms with Gasteiger partial charge < -0.3 is 14.4 Å². The number of hydrogen-bond donors (Lipinski definition) is 0. The monoisotopic (exact) mass is 510 g/mol. The highest BCUT2D eigenvalue weighted by Crippen LogP contribution is 2.28. The molecule has 2 aliphatic heterocycles. The van der Waals surface area contributed by atoms with Gasteiger partial charge in [-0.2, -0.15) is 5.10 Å². The fourth-order valence-electron chi connectivity index (χ4n) is 4.18. The zero-order valence-corrected chi connectivity index (χ0v) is 21.9. The lowest BCUT2D eigenvalue weighted by atomic mass is 10.3. The number of hydrogen-bond acceptors (Lipinski definition) is 7. The van der Waals surface area contributed by atoms with Crippen molar-refractivity contribution in [3.63, 3.8) is 0 Å². The maximum absolute atomic E-state index is 13.5. The van der Waals surface area contributed by atoms with E-state index in [0.717, 1.165) is 17.5 Å². The smallest absolute Gasteiger partial charge is 0.263 e. The molecule has 5 heterocycles. The number of carbonyl (C=O) groups is 1. The Balaban J connectivity index is 1.17. The van der Waals surface area contributed by atoms with Gasteiger partial charge in [0.2, 0.25) is 0 Å². The van der Waals surface area contributed by atoms with Gasteiger partial charge >= 0.3 is 0 Å². The fourth-order valence-corrected chi connectivity index (χ4v) is 4.94. The average Bonchev–Trinajstić information content (AvgIpc) is 3.55. The molecule has 1 atom stereocenters. The van der Waals surface area contributed by atoms with Crippen molar-refractivity contribution < 1.29 is 18.7 Å². The van der Waals surface area contributed by atoms with Crippen LogP contribution in [0.1, 0.15) is 22.5 Å². The molecule has 1 saturated heterocycles. The first kappa shape index (κ1) is 24.4. The number of alkyl halides is 1. The van der Waals surface area contributed by atoms with E-state index in [1.165, 1.54) is 0 Å². The quantitative estimate of drug-likeness (QED) is 0.244. The topological polar surface area (TPSA) is 85.6 Å². The molecular formula is C25H31FN6O3Si. The normalized spacial score (nSPS) is 17.7. The SMILES string of the molecule is C[Si](C)(C)CCOCOc1ccc(N2Cc3nn(-c4ccc(N5CC[C@H](F)C5)nc4)cc3C2=O)nc1. The number of ether oxygens (including phenoxy) is 2. The number of fused-ring (bicyclic) bond motifs is 1. The molecule has 0 saturated carbocycles. The van der Waals surface area contributed by atoms with Crippen molar-refractivity contribution in [3.05, 3.63) is 54.1 Å². The number of carbonyl (C=O) groups excluding carboxylic acids is 1. The second-order valence-corrected chi connectivity index (χ2v) is 16.0. The number of halogens is 1. The highest BCUT2D eigenvalue weighted by atomic mass is 28.3. The van der Waals surface area contributed by atoms with E-state index in [9.17, 15) is 9.18 Å². The molecular weight excluding hydrogens is 479 g/mol. The largest absolute Gasteiger partial charge is 0.466 e. The Bertz CT molecular complexity index is 1210. The third-order valence-electron chi connectivity index (χ3n) is 6.33. The van der Waals surface area contributed by atoms with E-state index in [2.05, 4.69) is 34.7 Å². The first-order chi connectivity index (χ1) is 17.3. The van der Waals surface area contributed by atoms with Crippen molar-refractivity contribution >= 4 is 25.6 Å². The Kier molecular flexibility index (Phi) is 6.76. The summed E-state index contributed by atoms with van der Waals surface area (Å²) in [6.45, 7) is 9.17. The zero-order valence-electron chi connectivity index (χ0n) is 20.9. The number of anilines is 2. The number of nitrogens with zero attached hydrogens (tertiary/aromatic N) is 6. The van der Waals surface area contributed by atoms with Gasteiger partial charge in [0.1, 0.15) is 23.6 Å². The number of pyridine rings is 2. The van der Waals surface area contributed by atoms with E-state index in [1.54, 1.807) is 40.3 Å². The van der Waals surface area contributed by atoms with Crippen molar-refractivity contribution in [1.82, 2.24) is 19.7 Å². The summed E-state index contributed by atoms with van der Waals surface area (Å²) in [7, 11) is -1.12. The predicted molar refractivity (Wildman–Crippen MR) is 137 cm³/mol. The molecule has 0 N–H and O–H groups in total. The highest BCUT2D eigenvalue weighted by molar-refractivity contribution is 6.76. The van der Waals surface area contributed by atoms with E-state index < -0.39 is 14.2 Å². The maximum atomic E-state index is 13.5. The second kappa shape index (κ2) is 9.98. The fraction of sp³-hybridized carbons (Fsp3) is 0.440. The van der Waals surface area contributed by atoms with Gasteiger partial charge in [0, 0.05) is 27.4 Å². The van der Waals surface area contributed by atoms with Crippen molar-refractivity contribution in [3.8, 4) is 11.4 Å². The zero-order chi connectivity index (χ0) is 25.3. The van der Waals surface area contributed by atoms with E-state index in [-0.39, 0.29) is 12.7 Å². The molecule has 3 aromatic heterocycles. The summed E-state index contributed by atoms with van der Waals surface area (Å²) >= 11 is 0. The van der Waals surface area contributed by atoms with Gasteiger partial charge in [-0.25, -0.2) is 19.0 Å². The molecule has 0 bridgehead atoms. The van der Waals surface area contributed by atoms with Gasteiger partial charge in [0.05, 0.1) is 42.4 Å². The average molecular weight is 511 g/mol. The third-order valence-corrected chi connectivity index (χ3v) is 8.03. The van der Waals surface area contributed by atoms with Crippen LogP contribution in [0.25, 0.3) is 5.69 Å². The van der Waals surface area contributed by atoms with Crippen LogP contribution >= 0.6 is 0 Å². The van der Waals surface area contributed by atoms with Crippen LogP contribution < -0.4 is 14.5 Å². The lowest BCUT2D eigenvalue weighted by Gasteiger charge is -2.17. The minimum Gasteiger partial charge on any atom is -0.466 e. The van der Waals surface area contributed by atoms with Crippen LogP contribution in [0.4, 0.5) is 16.0 Å². The molecule has 190 valence electrons. The molecule has 1 amide bonds. The summed E-state index contributed by atoms with van der Waals surface area (Å²) in [5.41, 5.74) is 1.97. The lowest BCUT2D eigenvalue weighted by molar-refractivity contribution is 0.0218. The molecule has 3 aromatic rings. The standard InChI is InChI=1S/C25H31FN6O3Si/c1-36(2,3)11-10-34-17-35-20-5-7-24(28-13-20)31-16-22-21(25(31)33)15-32(29-22)19-4-6-23(27-12-19)30-9-8-18(26)14-30/h4-7,12-13,15,18H,8-11,14,16-17H2,1-3H3/t18-/m0/s1. The Morgan fingerprint density at radius 1 is 1.11 bits per heavy atom. The highest BCUT2D eigenvalue weighted by Gasteiger charge is 2.33. The maximum Gasteiger partial charge on any atom is 0.263 e. The van der Waals surface area contributed by atoms with E-state index in [4.69, 9.17) is 9.47 Å². The molecule has 1 fully saturated rings. The number of aromatic nitrogens is 4. The van der Waals surface area contributed by atoms with Gasteiger partial charge in [0.25, 0.3) is 5.91 Å². The first-order valence-electron chi connectivity index (χ1n) is 12.2. The van der Waals surface area contributed by atoms with Crippen LogP contribution in [0.3, 0.4) is 0 Å². The van der Waals surface area contributed by atoms with Crippen molar-refractivity contribution in [2.24, 2.45) is 0 Å². The Morgan fingerprint density at radius 2 is 1.92 bits per heavy atom. The van der Waals surface area contributed by atoms with Gasteiger partial charge in [0.15, 0.2) is 6.79 Å². The molecule has 0 aliphatic carbocycles. The van der Waals surface area contributed by atoms with E-state index in [1.807, 2.05) is 17.0 Å². The second-order valence-electron chi connectivity index (χ2n) is 10.4. The van der Waals surface area contributed by atoms with Crippen molar-refractivity contribution in [2.45, 2.75) is 44.8 Å². The van der Waals surface area contributed by atoms with Crippen LogP contribution in [0.5, 0.6) is 5.75 Å². The van der Waals surface area contributed by atoms with Crippen LogP contribution in [0.2, 0.25) is 25.7 Å². The van der Waals surface area contributed by atoms with E-state index in [0.29, 0.717) is 55.5 Å². The minimum absolute atomic E-state index is 0.150. The summed E-state index contributed by atoms with van der Waals surface area (Å²) in [6, 6.07) is 8.38. The Labute approximate surface area is 210 Å². The molecule has 11 heteroatoms. The third kappa shape index (κ3) is 5.41. The summed E-state index contributed by atoms with van der Waals surface area (Å²) in [5.74, 6) is 1.73. The van der Waals surface area contributed by atoms with Crippen molar-refractivity contribution in [2.75, 3.05) is 36.3 Å². The predicted octanol–water partition coefficient (Wildman–Crippen LogP) is 4.06. The minimum atomic E-state index is -1.12. The summed E-state index contributed by atoms with van der Waals surface area (Å²) in [4.78, 5) is 25.4. The summed E-state index contributed by atoms with van der Waals surface area (Å²) in [5, 5.41) is 4.59. The Hall–Kier alpha value is -3.31. The molecule has 5 rings (SSSR count). The number of rotatable bonds is 9. The van der Waals surface area contributed by atoms with Gasteiger partial charge in [-0.15, -0.1) is 0 Å². The van der Waals surface area contributed by atoms with Crippen molar-refractivity contribution in [1.29, 1.82) is 0 Å². The molecule has 2 aliphatic rings. The Morgan fingerprint density at radius 3 is 2.56 bits per heavy atom. The van der Waals surface area contributed by atoms with Gasteiger partial charge in [-0.1, -0.05) is 19.6 Å². The first-order valence-corrected chi connectivity index (χ1v) is 15.9. The van der Waals surface area contributed by atoms with Crippen LogP contribution in [0, 0.1) is 0 Å². The molecule has 9 nitrogen and oxygen atoms in total. The van der Waals surface area contributed by atoms with E-state index >= 15 is 0 Å². The lowest BCUT2D eigenvalue weighted by Crippen LogP contribution is -2.24. The molecule has 0 unspecified atom stereocenters. The van der Waals surface area contributed by atoms with Gasteiger partial charge in [-0.3, -0.25) is 9.69 Å². The molecule has 0 aromatic carbocycles. The summed E-state index contributed by atoms with van der Waals surface area (Å²) in [6.07, 6.45) is 4.74.